The van der Waals surface area contributed by atoms with Crippen LogP contribution in [0, 0.1) is 0 Å². The van der Waals surface area contributed by atoms with E-state index in [1.54, 1.807) is 17.1 Å². The van der Waals surface area contributed by atoms with Gasteiger partial charge in [-0.25, -0.2) is 9.67 Å². The number of aromatic nitrogens is 4. The number of rotatable bonds is 5. The van der Waals surface area contributed by atoms with Crippen molar-refractivity contribution in [2.75, 3.05) is 10.6 Å². The van der Waals surface area contributed by atoms with Crippen LogP contribution in [0.1, 0.15) is 24.0 Å². The molecule has 1 unspecified atom stereocenters. The van der Waals surface area contributed by atoms with E-state index in [9.17, 15) is 5.11 Å². The van der Waals surface area contributed by atoms with Gasteiger partial charge in [-0.2, -0.15) is 10.1 Å². The first kappa shape index (κ1) is 20.5. The summed E-state index contributed by atoms with van der Waals surface area (Å²) in [7, 11) is 0. The number of para-hydroxylation sites is 2. The van der Waals surface area contributed by atoms with Crippen molar-refractivity contribution in [2.24, 2.45) is 0 Å². The molecule has 162 valence electrons. The molecule has 3 N–H and O–H groups in total. The van der Waals surface area contributed by atoms with Crippen molar-refractivity contribution in [2.45, 2.75) is 31.8 Å². The molecule has 0 radical (unpaired) electrons. The topological polar surface area (TPSA) is 87.9 Å². The van der Waals surface area contributed by atoms with Gasteiger partial charge in [-0.1, -0.05) is 29.8 Å². The zero-order valence-electron chi connectivity index (χ0n) is 17.4. The Hall–Kier alpha value is -3.42. The van der Waals surface area contributed by atoms with Gasteiger partial charge in [0.2, 0.25) is 5.95 Å². The second-order valence-corrected chi connectivity index (χ2v) is 8.23. The lowest BCUT2D eigenvalue weighted by molar-refractivity contribution is 0.158. The molecule has 7 nitrogen and oxygen atoms in total. The lowest BCUT2D eigenvalue weighted by atomic mass is 10.0. The molecule has 4 aromatic rings. The Morgan fingerprint density at radius 3 is 2.69 bits per heavy atom. The van der Waals surface area contributed by atoms with E-state index >= 15 is 0 Å². The van der Waals surface area contributed by atoms with E-state index in [2.05, 4.69) is 37.8 Å². The van der Waals surface area contributed by atoms with Gasteiger partial charge in [0, 0.05) is 18.1 Å². The summed E-state index contributed by atoms with van der Waals surface area (Å²) in [5, 5.41) is 21.3. The van der Waals surface area contributed by atoms with Crippen molar-refractivity contribution in [3.05, 3.63) is 83.3 Å². The lowest BCUT2D eigenvalue weighted by Gasteiger charge is -2.14. The van der Waals surface area contributed by atoms with Crippen LogP contribution in [0.25, 0.3) is 5.69 Å². The van der Waals surface area contributed by atoms with E-state index in [0.29, 0.717) is 16.8 Å². The number of aryl methyl sites for hydroxylation is 2. The first-order valence-corrected chi connectivity index (χ1v) is 11.0. The normalized spacial score (nSPS) is 15.6. The third-order valence-corrected chi connectivity index (χ3v) is 5.89. The van der Waals surface area contributed by atoms with Crippen molar-refractivity contribution < 1.29 is 5.11 Å². The van der Waals surface area contributed by atoms with Gasteiger partial charge in [-0.15, -0.1) is 0 Å². The van der Waals surface area contributed by atoms with Crippen LogP contribution in [0.4, 0.5) is 23.1 Å². The Morgan fingerprint density at radius 1 is 1.00 bits per heavy atom. The summed E-state index contributed by atoms with van der Waals surface area (Å²) in [6.07, 6.45) is 8.34. The molecule has 0 fully saturated rings. The quantitative estimate of drug-likeness (QED) is 0.372. The van der Waals surface area contributed by atoms with Crippen molar-refractivity contribution in [1.29, 1.82) is 0 Å². The fourth-order valence-corrected chi connectivity index (χ4v) is 4.07. The molecule has 5 rings (SSSR count). The molecule has 0 bridgehead atoms. The van der Waals surface area contributed by atoms with E-state index in [1.165, 1.54) is 11.1 Å². The summed E-state index contributed by atoms with van der Waals surface area (Å²) in [6, 6.07) is 15.9. The zero-order valence-corrected chi connectivity index (χ0v) is 18.1. The molecule has 32 heavy (non-hydrogen) atoms. The van der Waals surface area contributed by atoms with Crippen molar-refractivity contribution in [3.8, 4) is 5.69 Å². The van der Waals surface area contributed by atoms with Crippen LogP contribution in [0.15, 0.2) is 67.1 Å². The van der Waals surface area contributed by atoms with E-state index < -0.39 is 0 Å². The number of aliphatic hydroxyl groups is 1. The minimum Gasteiger partial charge on any atom is -0.393 e. The van der Waals surface area contributed by atoms with E-state index in [1.807, 2.05) is 42.6 Å². The lowest BCUT2D eigenvalue weighted by Crippen LogP contribution is -2.05. The molecular weight excluding hydrogens is 424 g/mol. The molecule has 1 aliphatic rings. The molecule has 0 aliphatic heterocycles. The highest BCUT2D eigenvalue weighted by molar-refractivity contribution is 6.33. The zero-order chi connectivity index (χ0) is 21.9. The van der Waals surface area contributed by atoms with Gasteiger partial charge in [-0.05, 0) is 67.1 Å². The number of fused-ring (bicyclic) bond motifs is 1. The highest BCUT2D eigenvalue weighted by atomic mass is 35.5. The average Bonchev–Trinajstić information content (AvgIpc) is 3.28. The number of anilines is 4. The maximum atomic E-state index is 9.96. The molecule has 1 atom stereocenters. The van der Waals surface area contributed by atoms with E-state index in [-0.39, 0.29) is 6.10 Å². The second-order valence-electron chi connectivity index (χ2n) is 7.82. The van der Waals surface area contributed by atoms with Gasteiger partial charge in [0.25, 0.3) is 0 Å². The maximum absolute atomic E-state index is 9.96. The SMILES string of the molecule is OC1CCc2ccc(Nc3ncc(Cl)c(Nc4ccccc4-n4cccn4)n3)cc2CC1. The third-order valence-electron chi connectivity index (χ3n) is 5.61. The summed E-state index contributed by atoms with van der Waals surface area (Å²) < 4.78 is 1.78. The Morgan fingerprint density at radius 2 is 1.84 bits per heavy atom. The fourth-order valence-electron chi connectivity index (χ4n) is 3.93. The molecular formula is C24H23ClN6O. The van der Waals surface area contributed by atoms with Crippen molar-refractivity contribution >= 4 is 34.7 Å². The third kappa shape index (κ3) is 4.44. The van der Waals surface area contributed by atoms with Crippen LogP contribution < -0.4 is 10.6 Å². The van der Waals surface area contributed by atoms with Gasteiger partial charge >= 0.3 is 0 Å². The van der Waals surface area contributed by atoms with Crippen LogP contribution in [-0.2, 0) is 12.8 Å². The Kier molecular flexibility index (Phi) is 5.75. The first-order valence-electron chi connectivity index (χ1n) is 10.6. The average molecular weight is 447 g/mol. The summed E-state index contributed by atoms with van der Waals surface area (Å²) in [5.41, 5.74) is 5.17. The molecule has 2 heterocycles. The van der Waals surface area contributed by atoms with Crippen LogP contribution in [0.2, 0.25) is 5.02 Å². The van der Waals surface area contributed by atoms with E-state index in [0.717, 1.165) is 42.7 Å². The molecule has 2 aromatic carbocycles. The standard InChI is InChI=1S/C24H23ClN6O/c25-20-15-26-24(28-18-9-6-16-7-10-19(32)11-8-17(16)14-18)30-23(20)29-21-4-1-2-5-22(21)31-13-3-12-27-31/h1-6,9,12-15,19,32H,7-8,10-11H2,(H2,26,28,29,30). The maximum Gasteiger partial charge on any atom is 0.229 e. The Balaban J connectivity index is 1.39. The van der Waals surface area contributed by atoms with Crippen LogP contribution in [0.3, 0.4) is 0 Å². The predicted octanol–water partition coefficient (Wildman–Crippen LogP) is 5.04. The van der Waals surface area contributed by atoms with Crippen LogP contribution in [-0.4, -0.2) is 31.0 Å². The Labute approximate surface area is 191 Å². The first-order chi connectivity index (χ1) is 15.7. The summed E-state index contributed by atoms with van der Waals surface area (Å²) in [6.45, 7) is 0. The molecule has 0 saturated heterocycles. The number of nitrogens with one attached hydrogen (secondary N) is 2. The number of hydrogen-bond donors (Lipinski definition) is 3. The summed E-state index contributed by atoms with van der Waals surface area (Å²) >= 11 is 6.39. The molecule has 1 aliphatic carbocycles. The summed E-state index contributed by atoms with van der Waals surface area (Å²) in [5.74, 6) is 0.948. The van der Waals surface area contributed by atoms with Crippen LogP contribution >= 0.6 is 11.6 Å². The van der Waals surface area contributed by atoms with Gasteiger partial charge in [0.15, 0.2) is 5.82 Å². The molecule has 0 saturated carbocycles. The Bertz CT molecular complexity index is 1230. The smallest absolute Gasteiger partial charge is 0.229 e. The minimum atomic E-state index is -0.225. The van der Waals surface area contributed by atoms with Gasteiger partial charge in [-0.3, -0.25) is 0 Å². The highest BCUT2D eigenvalue weighted by Gasteiger charge is 2.15. The minimum absolute atomic E-state index is 0.225. The monoisotopic (exact) mass is 446 g/mol. The molecule has 8 heteroatoms. The van der Waals surface area contributed by atoms with Gasteiger partial charge < -0.3 is 15.7 Å². The largest absolute Gasteiger partial charge is 0.393 e. The van der Waals surface area contributed by atoms with Crippen molar-refractivity contribution in [3.63, 3.8) is 0 Å². The predicted molar refractivity (Wildman–Crippen MR) is 126 cm³/mol. The van der Waals surface area contributed by atoms with E-state index in [4.69, 9.17) is 11.6 Å². The molecule has 0 spiro atoms. The number of nitrogens with zero attached hydrogens (tertiary/aromatic N) is 4. The molecule has 0 amide bonds. The van der Waals surface area contributed by atoms with Crippen LogP contribution in [0.5, 0.6) is 0 Å². The van der Waals surface area contributed by atoms with Gasteiger partial charge in [0.1, 0.15) is 5.02 Å². The number of hydrogen-bond acceptors (Lipinski definition) is 6. The van der Waals surface area contributed by atoms with Crippen molar-refractivity contribution in [1.82, 2.24) is 19.7 Å². The molecule has 2 aromatic heterocycles. The highest BCUT2D eigenvalue weighted by Crippen LogP contribution is 2.29. The van der Waals surface area contributed by atoms with Gasteiger partial charge in [0.05, 0.1) is 23.7 Å². The summed E-state index contributed by atoms with van der Waals surface area (Å²) in [4.78, 5) is 8.93. The fraction of sp³-hybridized carbons (Fsp3) is 0.208. The number of aliphatic hydroxyl groups excluding tert-OH is 1. The number of halogens is 1. The second kappa shape index (κ2) is 8.98. The number of benzene rings is 2.